The predicted molar refractivity (Wildman–Crippen MR) is 88.3 cm³/mol. The van der Waals surface area contributed by atoms with Crippen molar-refractivity contribution in [3.8, 4) is 11.4 Å². The molecule has 1 aromatic carbocycles. The molecular weight excluding hydrogens is 312 g/mol. The molecule has 1 unspecified atom stereocenters. The van der Waals surface area contributed by atoms with Crippen molar-refractivity contribution in [2.24, 2.45) is 5.92 Å². The minimum Gasteiger partial charge on any atom is -0.316 e. The highest BCUT2D eigenvalue weighted by molar-refractivity contribution is 7.89. The summed E-state index contributed by atoms with van der Waals surface area (Å²) in [6, 6.07) is 9.46. The molecule has 3 rings (SSSR count). The van der Waals surface area contributed by atoms with E-state index in [1.54, 1.807) is 0 Å². The van der Waals surface area contributed by atoms with E-state index in [9.17, 15) is 8.42 Å². The maximum Gasteiger partial charge on any atom is 0.243 e. The first-order valence-corrected chi connectivity index (χ1v) is 9.21. The molecule has 1 atom stereocenters. The van der Waals surface area contributed by atoms with Gasteiger partial charge in [-0.2, -0.15) is 0 Å². The molecular formula is C16H20N4O2S. The number of sulfonamides is 1. The molecule has 0 saturated carbocycles. The average molecular weight is 332 g/mol. The molecule has 2 N–H and O–H groups in total. The molecule has 0 amide bonds. The Balaban J connectivity index is 1.63. The highest BCUT2D eigenvalue weighted by Gasteiger charge is 2.18. The van der Waals surface area contributed by atoms with Gasteiger partial charge in [-0.25, -0.2) is 23.1 Å². The van der Waals surface area contributed by atoms with Crippen LogP contribution in [0.4, 0.5) is 0 Å². The van der Waals surface area contributed by atoms with E-state index in [2.05, 4.69) is 20.0 Å². The zero-order valence-corrected chi connectivity index (χ0v) is 13.6. The summed E-state index contributed by atoms with van der Waals surface area (Å²) in [5, 5.41) is 3.28. The molecule has 1 aliphatic rings. The molecule has 23 heavy (non-hydrogen) atoms. The summed E-state index contributed by atoms with van der Waals surface area (Å²) >= 11 is 0. The molecule has 0 bridgehead atoms. The molecule has 6 nitrogen and oxygen atoms in total. The lowest BCUT2D eigenvalue weighted by Crippen LogP contribution is -2.27. The zero-order valence-electron chi connectivity index (χ0n) is 12.8. The third-order valence-electron chi connectivity index (χ3n) is 3.98. The molecule has 1 saturated heterocycles. The molecule has 1 aromatic heterocycles. The second-order valence-corrected chi connectivity index (χ2v) is 7.42. The van der Waals surface area contributed by atoms with Crippen LogP contribution < -0.4 is 10.0 Å². The molecule has 0 aliphatic carbocycles. The Bertz CT molecular complexity index is 726. The number of rotatable bonds is 6. The van der Waals surface area contributed by atoms with Gasteiger partial charge in [-0.15, -0.1) is 0 Å². The van der Waals surface area contributed by atoms with E-state index in [0.717, 1.165) is 31.5 Å². The summed E-state index contributed by atoms with van der Waals surface area (Å²) in [4.78, 5) is 8.42. The van der Waals surface area contributed by atoms with Crippen LogP contribution in [0, 0.1) is 5.92 Å². The Hall–Kier alpha value is -1.83. The maximum atomic E-state index is 12.2. The van der Waals surface area contributed by atoms with Crippen molar-refractivity contribution in [1.29, 1.82) is 0 Å². The zero-order chi connectivity index (χ0) is 16.1. The average Bonchev–Trinajstić information content (AvgIpc) is 3.09. The molecule has 7 heteroatoms. The van der Waals surface area contributed by atoms with E-state index >= 15 is 0 Å². The molecule has 2 heterocycles. The maximum absolute atomic E-state index is 12.2. The van der Waals surface area contributed by atoms with Crippen LogP contribution in [-0.2, 0) is 10.0 Å². The lowest BCUT2D eigenvalue weighted by atomic mass is 10.1. The van der Waals surface area contributed by atoms with Gasteiger partial charge in [0, 0.05) is 12.1 Å². The van der Waals surface area contributed by atoms with Crippen molar-refractivity contribution in [2.45, 2.75) is 17.7 Å². The fraction of sp³-hybridized carbons (Fsp3) is 0.375. The molecule has 122 valence electrons. The van der Waals surface area contributed by atoms with Crippen molar-refractivity contribution in [3.05, 3.63) is 42.7 Å². The largest absolute Gasteiger partial charge is 0.316 e. The number of hydrogen-bond acceptors (Lipinski definition) is 5. The summed E-state index contributed by atoms with van der Waals surface area (Å²) in [5.74, 6) is 1.07. The van der Waals surface area contributed by atoms with Gasteiger partial charge in [-0.3, -0.25) is 0 Å². The Morgan fingerprint density at radius 3 is 2.57 bits per heavy atom. The number of aromatic nitrogens is 2. The highest BCUT2D eigenvalue weighted by Crippen LogP contribution is 2.15. The molecule has 0 spiro atoms. The van der Waals surface area contributed by atoms with Crippen LogP contribution >= 0.6 is 0 Å². The van der Waals surface area contributed by atoms with Gasteiger partial charge in [0.05, 0.1) is 12.4 Å². The highest BCUT2D eigenvalue weighted by atomic mass is 32.2. The van der Waals surface area contributed by atoms with Crippen LogP contribution in [0.15, 0.2) is 47.6 Å². The predicted octanol–water partition coefficient (Wildman–Crippen LogP) is 1.42. The number of nitrogens with one attached hydrogen (secondary N) is 2. The third-order valence-corrected chi connectivity index (χ3v) is 5.39. The first kappa shape index (κ1) is 16.0. The number of nitrogens with zero attached hydrogens (tertiary/aromatic N) is 2. The van der Waals surface area contributed by atoms with Gasteiger partial charge >= 0.3 is 0 Å². The van der Waals surface area contributed by atoms with Gasteiger partial charge in [0.2, 0.25) is 10.0 Å². The lowest BCUT2D eigenvalue weighted by Gasteiger charge is -2.10. The minimum absolute atomic E-state index is 0.0988. The normalized spacial score (nSPS) is 18.2. The topological polar surface area (TPSA) is 84.0 Å². The number of benzene rings is 1. The monoisotopic (exact) mass is 332 g/mol. The van der Waals surface area contributed by atoms with E-state index in [1.807, 2.05) is 30.3 Å². The molecule has 1 fully saturated rings. The summed E-state index contributed by atoms with van der Waals surface area (Å²) < 4.78 is 27.1. The summed E-state index contributed by atoms with van der Waals surface area (Å²) in [5.41, 5.74) is 0.859. The first-order chi connectivity index (χ1) is 11.1. The van der Waals surface area contributed by atoms with Crippen LogP contribution in [0.3, 0.4) is 0 Å². The van der Waals surface area contributed by atoms with E-state index in [4.69, 9.17) is 0 Å². The van der Waals surface area contributed by atoms with Crippen LogP contribution in [-0.4, -0.2) is 38.0 Å². The van der Waals surface area contributed by atoms with E-state index in [0.29, 0.717) is 18.3 Å². The molecule has 1 aliphatic heterocycles. The summed E-state index contributed by atoms with van der Waals surface area (Å²) in [6.07, 6.45) is 4.66. The molecule has 2 aromatic rings. The molecule has 0 radical (unpaired) electrons. The van der Waals surface area contributed by atoms with Gasteiger partial charge in [0.15, 0.2) is 5.82 Å². The van der Waals surface area contributed by atoms with Crippen LogP contribution in [0.25, 0.3) is 11.4 Å². The van der Waals surface area contributed by atoms with E-state index in [1.165, 1.54) is 12.4 Å². The Morgan fingerprint density at radius 1 is 1.17 bits per heavy atom. The smallest absolute Gasteiger partial charge is 0.243 e. The van der Waals surface area contributed by atoms with Gasteiger partial charge in [-0.05, 0) is 31.8 Å². The van der Waals surface area contributed by atoms with Gasteiger partial charge in [-0.1, -0.05) is 30.3 Å². The fourth-order valence-corrected chi connectivity index (χ4v) is 3.57. The summed E-state index contributed by atoms with van der Waals surface area (Å²) in [7, 11) is -3.55. The van der Waals surface area contributed by atoms with Crippen molar-refractivity contribution in [1.82, 2.24) is 20.0 Å². The Morgan fingerprint density at radius 2 is 1.91 bits per heavy atom. The quantitative estimate of drug-likeness (QED) is 0.836. The van der Waals surface area contributed by atoms with Gasteiger partial charge < -0.3 is 5.32 Å². The first-order valence-electron chi connectivity index (χ1n) is 7.73. The van der Waals surface area contributed by atoms with Crippen LogP contribution in [0.5, 0.6) is 0 Å². The van der Waals surface area contributed by atoms with Crippen molar-refractivity contribution < 1.29 is 8.42 Å². The fourth-order valence-electron chi connectivity index (χ4n) is 2.63. The van der Waals surface area contributed by atoms with Gasteiger partial charge in [0.1, 0.15) is 4.90 Å². The van der Waals surface area contributed by atoms with Crippen molar-refractivity contribution >= 4 is 10.0 Å². The Labute approximate surface area is 136 Å². The Kier molecular flexibility index (Phi) is 5.00. The third kappa shape index (κ3) is 4.13. The lowest BCUT2D eigenvalue weighted by molar-refractivity contribution is 0.519. The standard InChI is InChI=1S/C16H20N4O2S/c21-23(22,20-9-7-13-6-8-17-10-13)15-11-18-16(19-12-15)14-4-2-1-3-5-14/h1-5,11-13,17,20H,6-10H2. The van der Waals surface area contributed by atoms with Gasteiger partial charge in [0.25, 0.3) is 0 Å². The second-order valence-electron chi connectivity index (χ2n) is 5.65. The second kappa shape index (κ2) is 7.16. The SMILES string of the molecule is O=S(=O)(NCCC1CCNC1)c1cnc(-c2ccccc2)nc1. The van der Waals surface area contributed by atoms with E-state index in [-0.39, 0.29) is 4.90 Å². The van der Waals surface area contributed by atoms with Crippen LogP contribution in [0.1, 0.15) is 12.8 Å². The van der Waals surface area contributed by atoms with Crippen LogP contribution in [0.2, 0.25) is 0 Å². The van der Waals surface area contributed by atoms with Crippen molar-refractivity contribution in [3.63, 3.8) is 0 Å². The minimum atomic E-state index is -3.55. The van der Waals surface area contributed by atoms with Crippen molar-refractivity contribution in [2.75, 3.05) is 19.6 Å². The van der Waals surface area contributed by atoms with E-state index < -0.39 is 10.0 Å². The number of hydrogen-bond donors (Lipinski definition) is 2. The summed E-state index contributed by atoms with van der Waals surface area (Å²) in [6.45, 7) is 2.43.